The normalized spacial score (nSPS) is 17.7. The van der Waals surface area contributed by atoms with Gasteiger partial charge < -0.3 is 15.2 Å². The molecule has 0 aromatic heterocycles. The zero-order chi connectivity index (χ0) is 19.2. The first-order valence-corrected chi connectivity index (χ1v) is 9.06. The molecule has 0 spiro atoms. The highest BCUT2D eigenvalue weighted by Gasteiger charge is 2.38. The van der Waals surface area contributed by atoms with Crippen LogP contribution in [0.2, 0.25) is 0 Å². The predicted octanol–water partition coefficient (Wildman–Crippen LogP) is 2.29. The smallest absolute Gasteiger partial charge is 0.324 e. The number of benzene rings is 2. The Bertz CT molecular complexity index is 794. The van der Waals surface area contributed by atoms with Crippen LogP contribution in [0.5, 0.6) is 5.75 Å². The van der Waals surface area contributed by atoms with Gasteiger partial charge in [-0.25, -0.2) is 4.79 Å². The van der Waals surface area contributed by atoms with Crippen molar-refractivity contribution in [2.75, 3.05) is 13.2 Å². The molecule has 2 aromatic carbocycles. The summed E-state index contributed by atoms with van der Waals surface area (Å²) in [5.74, 6) is 0.345. The predicted molar refractivity (Wildman–Crippen MR) is 101 cm³/mol. The molecule has 1 saturated heterocycles. The quantitative estimate of drug-likeness (QED) is 0.701. The number of amides is 3. The third-order valence-corrected chi connectivity index (χ3v) is 4.50. The first-order valence-electron chi connectivity index (χ1n) is 9.06. The lowest BCUT2D eigenvalue weighted by molar-refractivity contribution is -0.128. The molecule has 0 bridgehead atoms. The van der Waals surface area contributed by atoms with Crippen molar-refractivity contribution in [2.24, 2.45) is 0 Å². The maximum absolute atomic E-state index is 12.5. The molecule has 0 aliphatic carbocycles. The summed E-state index contributed by atoms with van der Waals surface area (Å²) in [4.78, 5) is 25.7. The van der Waals surface area contributed by atoms with Crippen molar-refractivity contribution in [1.82, 2.24) is 10.2 Å². The molecule has 2 unspecified atom stereocenters. The summed E-state index contributed by atoms with van der Waals surface area (Å²) in [5, 5.41) is 12.9. The van der Waals surface area contributed by atoms with Gasteiger partial charge in [0.1, 0.15) is 24.5 Å². The number of nitrogens with one attached hydrogen (secondary N) is 1. The molecule has 3 amide bonds. The fourth-order valence-electron chi connectivity index (χ4n) is 3.06. The Morgan fingerprint density at radius 2 is 1.93 bits per heavy atom. The molecule has 1 fully saturated rings. The second kappa shape index (κ2) is 8.68. The minimum absolute atomic E-state index is 0.00912. The number of ether oxygens (including phenoxy) is 1. The number of nitrogens with zero attached hydrogens (tertiary/aromatic N) is 1. The van der Waals surface area contributed by atoms with E-state index < -0.39 is 18.2 Å². The highest BCUT2D eigenvalue weighted by molar-refractivity contribution is 6.04. The third-order valence-electron chi connectivity index (χ3n) is 4.50. The van der Waals surface area contributed by atoms with Crippen LogP contribution in [-0.2, 0) is 11.2 Å². The molecule has 6 heteroatoms. The van der Waals surface area contributed by atoms with Crippen LogP contribution in [-0.4, -0.2) is 47.2 Å². The number of urea groups is 1. The van der Waals surface area contributed by atoms with E-state index in [0.29, 0.717) is 18.6 Å². The number of carbonyl (C=O) groups is 2. The fourth-order valence-corrected chi connectivity index (χ4v) is 3.06. The number of aliphatic hydroxyl groups excluding tert-OH is 1. The van der Waals surface area contributed by atoms with E-state index in [9.17, 15) is 14.7 Å². The van der Waals surface area contributed by atoms with Crippen molar-refractivity contribution in [3.8, 4) is 5.75 Å². The third kappa shape index (κ3) is 5.08. The van der Waals surface area contributed by atoms with E-state index in [0.717, 1.165) is 16.0 Å². The van der Waals surface area contributed by atoms with Crippen molar-refractivity contribution in [3.63, 3.8) is 0 Å². The molecule has 27 heavy (non-hydrogen) atoms. The van der Waals surface area contributed by atoms with Crippen molar-refractivity contribution >= 4 is 11.9 Å². The summed E-state index contributed by atoms with van der Waals surface area (Å²) in [6, 6.07) is 16.3. The van der Waals surface area contributed by atoms with E-state index in [4.69, 9.17) is 4.74 Å². The summed E-state index contributed by atoms with van der Waals surface area (Å²) in [6.07, 6.45) is 0.277. The zero-order valence-electron chi connectivity index (χ0n) is 15.3. The molecule has 1 aliphatic rings. The number of β-amino-alcohol motifs (C(OH)–C–C–N with tert-alkyl or cyclic N) is 1. The van der Waals surface area contributed by atoms with Gasteiger partial charge in [0, 0.05) is 0 Å². The monoisotopic (exact) mass is 368 g/mol. The Kier molecular flexibility index (Phi) is 6.08. The first-order chi connectivity index (χ1) is 13.0. The van der Waals surface area contributed by atoms with E-state index in [2.05, 4.69) is 5.32 Å². The Morgan fingerprint density at radius 3 is 2.67 bits per heavy atom. The van der Waals surface area contributed by atoms with E-state index in [1.807, 2.05) is 55.5 Å². The van der Waals surface area contributed by atoms with Crippen LogP contribution in [0, 0.1) is 6.92 Å². The summed E-state index contributed by atoms with van der Waals surface area (Å²) in [5.41, 5.74) is 2.17. The van der Waals surface area contributed by atoms with Gasteiger partial charge in [0.05, 0.1) is 6.54 Å². The Hall–Kier alpha value is -2.86. The minimum atomic E-state index is -0.951. The molecule has 2 aromatic rings. The van der Waals surface area contributed by atoms with E-state index in [1.54, 1.807) is 6.07 Å². The first kappa shape index (κ1) is 18.9. The molecule has 3 rings (SSSR count). The molecule has 0 radical (unpaired) electrons. The standard InChI is InChI=1S/C21H24N2O4/c1-15-6-5-9-18(12-15)27-14-17(24)13-23-20(25)19(22-21(23)26)11-10-16-7-3-2-4-8-16/h2-9,12,17,19,24H,10-11,13-14H2,1H3,(H,22,26). The van der Waals surface area contributed by atoms with Gasteiger partial charge >= 0.3 is 6.03 Å². The molecular formula is C21H24N2O4. The Labute approximate surface area is 158 Å². The molecule has 0 saturated carbocycles. The van der Waals surface area contributed by atoms with Crippen LogP contribution in [0.1, 0.15) is 17.5 Å². The molecule has 1 heterocycles. The number of imide groups is 1. The van der Waals surface area contributed by atoms with E-state index in [1.165, 1.54) is 0 Å². The largest absolute Gasteiger partial charge is 0.491 e. The van der Waals surface area contributed by atoms with E-state index >= 15 is 0 Å². The Balaban J connectivity index is 1.49. The maximum atomic E-state index is 12.5. The van der Waals surface area contributed by atoms with Gasteiger partial charge in [-0.05, 0) is 43.0 Å². The summed E-state index contributed by atoms with van der Waals surface area (Å²) in [7, 11) is 0. The molecule has 2 N–H and O–H groups in total. The van der Waals surface area contributed by atoms with Gasteiger partial charge in [-0.2, -0.15) is 0 Å². The number of carbonyl (C=O) groups excluding carboxylic acids is 2. The zero-order valence-corrected chi connectivity index (χ0v) is 15.3. The number of hydrogen-bond donors (Lipinski definition) is 2. The lowest BCUT2D eigenvalue weighted by Crippen LogP contribution is -2.40. The molecule has 2 atom stereocenters. The Morgan fingerprint density at radius 1 is 1.15 bits per heavy atom. The number of rotatable bonds is 8. The average Bonchev–Trinajstić information content (AvgIpc) is 2.93. The lowest BCUT2D eigenvalue weighted by atomic mass is 10.1. The summed E-state index contributed by atoms with van der Waals surface area (Å²) >= 11 is 0. The van der Waals surface area contributed by atoms with Crippen LogP contribution in [0.15, 0.2) is 54.6 Å². The number of aliphatic hydroxyl groups is 1. The minimum Gasteiger partial charge on any atom is -0.491 e. The summed E-state index contributed by atoms with van der Waals surface area (Å²) < 4.78 is 5.54. The van der Waals surface area contributed by atoms with E-state index in [-0.39, 0.29) is 19.1 Å². The van der Waals surface area contributed by atoms with Crippen molar-refractivity contribution in [1.29, 1.82) is 0 Å². The summed E-state index contributed by atoms with van der Waals surface area (Å²) in [6.45, 7) is 1.87. The van der Waals surface area contributed by atoms with Gasteiger partial charge in [-0.1, -0.05) is 42.5 Å². The SMILES string of the molecule is Cc1cccc(OCC(O)CN2C(=O)NC(CCc3ccccc3)C2=O)c1. The van der Waals surface area contributed by atoms with Gasteiger partial charge in [-0.15, -0.1) is 0 Å². The second-order valence-electron chi connectivity index (χ2n) is 6.76. The lowest BCUT2D eigenvalue weighted by Gasteiger charge is -2.18. The fraction of sp³-hybridized carbons (Fsp3) is 0.333. The van der Waals surface area contributed by atoms with Gasteiger partial charge in [-0.3, -0.25) is 9.69 Å². The number of hydrogen-bond acceptors (Lipinski definition) is 4. The highest BCUT2D eigenvalue weighted by Crippen LogP contribution is 2.15. The van der Waals surface area contributed by atoms with Crippen LogP contribution in [0.25, 0.3) is 0 Å². The van der Waals surface area contributed by atoms with Gasteiger partial charge in [0.15, 0.2) is 0 Å². The molecule has 142 valence electrons. The molecule has 1 aliphatic heterocycles. The van der Waals surface area contributed by atoms with Crippen LogP contribution in [0.3, 0.4) is 0 Å². The van der Waals surface area contributed by atoms with Crippen LogP contribution >= 0.6 is 0 Å². The molecular weight excluding hydrogens is 344 g/mol. The van der Waals surface area contributed by atoms with Gasteiger partial charge in [0.25, 0.3) is 5.91 Å². The number of aryl methyl sites for hydroxylation is 2. The molecule has 6 nitrogen and oxygen atoms in total. The maximum Gasteiger partial charge on any atom is 0.324 e. The van der Waals surface area contributed by atoms with Crippen molar-refractivity contribution in [3.05, 3.63) is 65.7 Å². The topological polar surface area (TPSA) is 78.9 Å². The van der Waals surface area contributed by atoms with Crippen LogP contribution < -0.4 is 10.1 Å². The second-order valence-corrected chi connectivity index (χ2v) is 6.76. The van der Waals surface area contributed by atoms with Crippen molar-refractivity contribution in [2.45, 2.75) is 31.9 Å². The van der Waals surface area contributed by atoms with Crippen LogP contribution in [0.4, 0.5) is 4.79 Å². The highest BCUT2D eigenvalue weighted by atomic mass is 16.5. The van der Waals surface area contributed by atoms with Crippen molar-refractivity contribution < 1.29 is 19.4 Å². The van der Waals surface area contributed by atoms with Gasteiger partial charge in [0.2, 0.25) is 0 Å². The average molecular weight is 368 g/mol.